The fourth-order valence-electron chi connectivity index (χ4n) is 2.55. The van der Waals surface area contributed by atoms with Gasteiger partial charge in [-0.05, 0) is 24.3 Å². The summed E-state index contributed by atoms with van der Waals surface area (Å²) in [5, 5.41) is 0.825. The molecule has 0 aliphatic rings. The summed E-state index contributed by atoms with van der Waals surface area (Å²) in [4.78, 5) is 12.0. The summed E-state index contributed by atoms with van der Waals surface area (Å²) in [6.45, 7) is 0.125. The number of halogens is 1. The normalized spacial score (nSPS) is 11.9. The van der Waals surface area contributed by atoms with E-state index in [2.05, 4.69) is 4.72 Å². The Kier molecular flexibility index (Phi) is 4.25. The highest BCUT2D eigenvalue weighted by Gasteiger charge is 2.17. The van der Waals surface area contributed by atoms with Crippen LogP contribution in [0.2, 0.25) is 0 Å². The standard InChI is InChI=1S/C16H16FN3O3S/c1-19-9-6-12-7-10-20(16(21)15(12)19)11-8-18-24(22,23)14-5-3-2-4-13(14)17/h2-7,9-10,18H,8,11H2,1H3. The highest BCUT2D eigenvalue weighted by molar-refractivity contribution is 7.89. The Bertz CT molecular complexity index is 1050. The highest BCUT2D eigenvalue weighted by Crippen LogP contribution is 2.13. The molecule has 2 heterocycles. The number of aryl methyl sites for hydroxylation is 1. The monoisotopic (exact) mass is 349 g/mol. The third-order valence-corrected chi connectivity index (χ3v) is 5.27. The average Bonchev–Trinajstić information content (AvgIpc) is 2.92. The Morgan fingerprint density at radius 1 is 1.12 bits per heavy atom. The lowest BCUT2D eigenvalue weighted by Gasteiger charge is -2.09. The van der Waals surface area contributed by atoms with Gasteiger partial charge in [-0.15, -0.1) is 0 Å². The first-order valence-electron chi connectivity index (χ1n) is 7.29. The molecule has 2 aromatic heterocycles. The minimum Gasteiger partial charge on any atom is -0.346 e. The van der Waals surface area contributed by atoms with Gasteiger partial charge >= 0.3 is 0 Å². The van der Waals surface area contributed by atoms with Crippen molar-refractivity contribution in [3.63, 3.8) is 0 Å². The molecule has 0 aliphatic heterocycles. The topological polar surface area (TPSA) is 73.1 Å². The predicted octanol–water partition coefficient (Wildman–Crippen LogP) is 1.46. The molecule has 3 aromatic rings. The summed E-state index contributed by atoms with van der Waals surface area (Å²) in [5.41, 5.74) is 0.347. The first-order chi connectivity index (χ1) is 11.4. The van der Waals surface area contributed by atoms with Gasteiger partial charge in [-0.2, -0.15) is 0 Å². The third-order valence-electron chi connectivity index (χ3n) is 3.77. The molecular weight excluding hydrogens is 333 g/mol. The molecule has 0 radical (unpaired) electrons. The number of benzene rings is 1. The van der Waals surface area contributed by atoms with Crippen LogP contribution in [0.25, 0.3) is 10.9 Å². The molecule has 1 N–H and O–H groups in total. The number of hydrogen-bond acceptors (Lipinski definition) is 3. The van der Waals surface area contributed by atoms with Gasteiger partial charge in [-0.1, -0.05) is 12.1 Å². The number of nitrogens with one attached hydrogen (secondary N) is 1. The van der Waals surface area contributed by atoms with E-state index in [-0.39, 0.29) is 18.6 Å². The van der Waals surface area contributed by atoms with Gasteiger partial charge in [0.05, 0.1) is 0 Å². The second-order valence-corrected chi connectivity index (χ2v) is 7.11. The summed E-state index contributed by atoms with van der Waals surface area (Å²) < 4.78 is 43.3. The maximum Gasteiger partial charge on any atom is 0.275 e. The van der Waals surface area contributed by atoms with Crippen molar-refractivity contribution >= 4 is 20.9 Å². The fraction of sp³-hybridized carbons (Fsp3) is 0.188. The second kappa shape index (κ2) is 6.21. The molecule has 0 unspecified atom stereocenters. The Labute approximate surface area is 138 Å². The highest BCUT2D eigenvalue weighted by atomic mass is 32.2. The number of nitrogens with zero attached hydrogens (tertiary/aromatic N) is 2. The lowest BCUT2D eigenvalue weighted by Crippen LogP contribution is -2.31. The van der Waals surface area contributed by atoms with Crippen molar-refractivity contribution in [2.24, 2.45) is 7.05 Å². The lowest BCUT2D eigenvalue weighted by molar-refractivity contribution is 0.550. The van der Waals surface area contributed by atoms with Gasteiger partial charge in [-0.25, -0.2) is 17.5 Å². The SMILES string of the molecule is Cn1ccc2ccn(CCNS(=O)(=O)c3ccccc3F)c(=O)c21. The molecule has 126 valence electrons. The predicted molar refractivity (Wildman–Crippen MR) is 88.8 cm³/mol. The van der Waals surface area contributed by atoms with Gasteiger partial charge in [0.2, 0.25) is 10.0 Å². The largest absolute Gasteiger partial charge is 0.346 e. The number of sulfonamides is 1. The molecule has 0 amide bonds. The summed E-state index contributed by atoms with van der Waals surface area (Å²) in [7, 11) is -2.19. The molecule has 3 rings (SSSR count). The number of rotatable bonds is 5. The molecule has 0 aliphatic carbocycles. The van der Waals surface area contributed by atoms with Crippen molar-refractivity contribution in [2.75, 3.05) is 6.54 Å². The van der Waals surface area contributed by atoms with Crippen molar-refractivity contribution in [1.29, 1.82) is 0 Å². The van der Waals surface area contributed by atoms with Gasteiger partial charge < -0.3 is 9.13 Å². The zero-order valence-electron chi connectivity index (χ0n) is 12.9. The molecular formula is C16H16FN3O3S. The first kappa shape index (κ1) is 16.4. The van der Waals surface area contributed by atoms with E-state index in [1.54, 1.807) is 30.1 Å². The van der Waals surface area contributed by atoms with E-state index in [1.807, 2.05) is 6.07 Å². The van der Waals surface area contributed by atoms with Crippen molar-refractivity contribution < 1.29 is 12.8 Å². The Morgan fingerprint density at radius 2 is 1.83 bits per heavy atom. The van der Waals surface area contributed by atoms with Crippen LogP contribution in [0.4, 0.5) is 4.39 Å². The van der Waals surface area contributed by atoms with E-state index < -0.39 is 20.7 Å². The fourth-order valence-corrected chi connectivity index (χ4v) is 3.65. The lowest BCUT2D eigenvalue weighted by atomic mass is 10.3. The first-order valence-corrected chi connectivity index (χ1v) is 8.77. The summed E-state index contributed by atoms with van der Waals surface area (Å²) in [6, 6.07) is 8.78. The molecule has 24 heavy (non-hydrogen) atoms. The molecule has 0 bridgehead atoms. The van der Waals surface area contributed by atoms with Gasteiger partial charge in [0.1, 0.15) is 16.2 Å². The minimum absolute atomic E-state index is 0.0213. The zero-order valence-corrected chi connectivity index (χ0v) is 13.8. The summed E-state index contributed by atoms with van der Waals surface area (Å²) >= 11 is 0. The Morgan fingerprint density at radius 3 is 2.58 bits per heavy atom. The number of fused-ring (bicyclic) bond motifs is 1. The summed E-state index contributed by atoms with van der Waals surface area (Å²) in [6.07, 6.45) is 3.40. The van der Waals surface area contributed by atoms with Crippen LogP contribution in [0.15, 0.2) is 58.5 Å². The molecule has 1 aromatic carbocycles. The Balaban J connectivity index is 1.77. The van der Waals surface area contributed by atoms with Crippen LogP contribution in [-0.2, 0) is 23.6 Å². The van der Waals surface area contributed by atoms with Crippen LogP contribution in [0.1, 0.15) is 0 Å². The molecule has 0 spiro atoms. The van der Waals surface area contributed by atoms with E-state index in [9.17, 15) is 17.6 Å². The smallest absolute Gasteiger partial charge is 0.275 e. The number of pyridine rings is 1. The Hall–Kier alpha value is -2.45. The number of aromatic nitrogens is 2. The maximum absolute atomic E-state index is 13.6. The molecule has 0 saturated carbocycles. The van der Waals surface area contributed by atoms with Gasteiger partial charge in [-0.3, -0.25) is 4.79 Å². The zero-order chi connectivity index (χ0) is 17.3. The van der Waals surface area contributed by atoms with E-state index in [1.165, 1.54) is 22.8 Å². The van der Waals surface area contributed by atoms with Crippen molar-refractivity contribution in [2.45, 2.75) is 11.4 Å². The van der Waals surface area contributed by atoms with E-state index in [0.717, 1.165) is 11.5 Å². The van der Waals surface area contributed by atoms with Crippen LogP contribution >= 0.6 is 0 Å². The minimum atomic E-state index is -3.96. The maximum atomic E-state index is 13.6. The molecule has 0 atom stereocenters. The summed E-state index contributed by atoms with van der Waals surface area (Å²) in [5.74, 6) is -0.813. The van der Waals surface area contributed by atoms with E-state index in [4.69, 9.17) is 0 Å². The van der Waals surface area contributed by atoms with Crippen molar-refractivity contribution in [3.8, 4) is 0 Å². The van der Waals surface area contributed by atoms with Crippen molar-refractivity contribution in [3.05, 3.63) is 65.0 Å². The molecule has 6 nitrogen and oxygen atoms in total. The van der Waals surface area contributed by atoms with Gasteiger partial charge in [0, 0.05) is 37.9 Å². The van der Waals surface area contributed by atoms with E-state index >= 15 is 0 Å². The third kappa shape index (κ3) is 2.98. The van der Waals surface area contributed by atoms with Gasteiger partial charge in [0.15, 0.2) is 0 Å². The quantitative estimate of drug-likeness (QED) is 0.758. The van der Waals surface area contributed by atoms with Crippen LogP contribution in [0, 0.1) is 5.82 Å². The van der Waals surface area contributed by atoms with Crippen LogP contribution < -0.4 is 10.3 Å². The van der Waals surface area contributed by atoms with Crippen molar-refractivity contribution in [1.82, 2.24) is 13.9 Å². The van der Waals surface area contributed by atoms with Crippen LogP contribution in [-0.4, -0.2) is 24.1 Å². The second-order valence-electron chi connectivity index (χ2n) is 5.37. The van der Waals surface area contributed by atoms with Crippen LogP contribution in [0.3, 0.4) is 0 Å². The van der Waals surface area contributed by atoms with E-state index in [0.29, 0.717) is 5.52 Å². The van der Waals surface area contributed by atoms with Gasteiger partial charge in [0.25, 0.3) is 5.56 Å². The molecule has 8 heteroatoms. The average molecular weight is 349 g/mol. The van der Waals surface area contributed by atoms with Crippen LogP contribution in [0.5, 0.6) is 0 Å². The molecule has 0 saturated heterocycles. The molecule has 0 fully saturated rings. The number of hydrogen-bond donors (Lipinski definition) is 1.